The molecular weight excluding hydrogens is 172 g/mol. The van der Waals surface area contributed by atoms with Crippen molar-refractivity contribution in [3.05, 3.63) is 12.2 Å². The van der Waals surface area contributed by atoms with Crippen LogP contribution in [0.1, 0.15) is 51.4 Å². The summed E-state index contributed by atoms with van der Waals surface area (Å²) in [6.45, 7) is 2.23. The van der Waals surface area contributed by atoms with E-state index in [2.05, 4.69) is 23.0 Å². The predicted octanol–water partition coefficient (Wildman–Crippen LogP) is 2.77. The third-order valence-electron chi connectivity index (χ3n) is 2.64. The molecule has 0 aliphatic carbocycles. The molecule has 0 fully saturated rings. The fourth-order valence-corrected chi connectivity index (χ4v) is 1.72. The first-order valence-electron chi connectivity index (χ1n) is 6.11. The van der Waals surface area contributed by atoms with Gasteiger partial charge < -0.3 is 0 Å². The van der Waals surface area contributed by atoms with Crippen molar-refractivity contribution in [1.29, 1.82) is 0 Å². The molecule has 14 heavy (non-hydrogen) atoms. The molecular formula is C12H24N2. The van der Waals surface area contributed by atoms with Gasteiger partial charge in [0.05, 0.1) is 0 Å². The maximum Gasteiger partial charge on any atom is 0.00998 e. The second-order valence-corrected chi connectivity index (χ2v) is 4.02. The van der Waals surface area contributed by atoms with Gasteiger partial charge in [0, 0.05) is 13.1 Å². The number of allylic oxidation sites excluding steroid dienone is 2. The average Bonchev–Trinajstić information content (AvgIpc) is 2.22. The van der Waals surface area contributed by atoms with E-state index >= 15 is 0 Å². The van der Waals surface area contributed by atoms with Gasteiger partial charge in [-0.05, 0) is 38.5 Å². The summed E-state index contributed by atoms with van der Waals surface area (Å²) in [6, 6.07) is 0. The zero-order valence-corrected chi connectivity index (χ0v) is 9.23. The van der Waals surface area contributed by atoms with E-state index in [1.165, 1.54) is 51.4 Å². The molecule has 1 aliphatic rings. The second kappa shape index (κ2) is 9.22. The summed E-state index contributed by atoms with van der Waals surface area (Å²) in [5.74, 6) is 0. The maximum atomic E-state index is 3.27. The van der Waals surface area contributed by atoms with E-state index in [1.54, 1.807) is 0 Å². The Bertz CT molecular complexity index is 127. The lowest BCUT2D eigenvalue weighted by Crippen LogP contribution is -2.33. The van der Waals surface area contributed by atoms with Crippen molar-refractivity contribution in [2.75, 3.05) is 13.1 Å². The molecule has 0 amide bonds. The highest BCUT2D eigenvalue weighted by atomic mass is 15.3. The summed E-state index contributed by atoms with van der Waals surface area (Å²) >= 11 is 0. The van der Waals surface area contributed by atoms with Crippen LogP contribution in [0.15, 0.2) is 12.2 Å². The van der Waals surface area contributed by atoms with Crippen molar-refractivity contribution in [3.63, 3.8) is 0 Å². The van der Waals surface area contributed by atoms with Crippen LogP contribution in [0.2, 0.25) is 0 Å². The SMILES string of the molecule is C1=C\CCCCNNCCCCCC/1. The monoisotopic (exact) mass is 196 g/mol. The minimum absolute atomic E-state index is 1.10. The molecule has 2 N–H and O–H groups in total. The summed E-state index contributed by atoms with van der Waals surface area (Å²) in [4.78, 5) is 0. The van der Waals surface area contributed by atoms with E-state index in [-0.39, 0.29) is 0 Å². The van der Waals surface area contributed by atoms with Crippen molar-refractivity contribution >= 4 is 0 Å². The van der Waals surface area contributed by atoms with Crippen LogP contribution in [0.4, 0.5) is 0 Å². The zero-order chi connectivity index (χ0) is 9.90. The first kappa shape index (κ1) is 11.7. The molecule has 0 aromatic carbocycles. The van der Waals surface area contributed by atoms with E-state index in [1.807, 2.05) is 0 Å². The van der Waals surface area contributed by atoms with Gasteiger partial charge in [0.1, 0.15) is 0 Å². The van der Waals surface area contributed by atoms with Crippen LogP contribution in [-0.2, 0) is 0 Å². The lowest BCUT2D eigenvalue weighted by Gasteiger charge is -2.07. The molecule has 0 bridgehead atoms. The largest absolute Gasteiger partial charge is 0.258 e. The first-order chi connectivity index (χ1) is 7.00. The molecule has 0 saturated carbocycles. The molecule has 1 heterocycles. The summed E-state index contributed by atoms with van der Waals surface area (Å²) in [5, 5.41) is 0. The zero-order valence-electron chi connectivity index (χ0n) is 9.23. The van der Waals surface area contributed by atoms with E-state index in [4.69, 9.17) is 0 Å². The minimum atomic E-state index is 1.10. The lowest BCUT2D eigenvalue weighted by atomic mass is 10.1. The van der Waals surface area contributed by atoms with Crippen molar-refractivity contribution in [3.8, 4) is 0 Å². The van der Waals surface area contributed by atoms with Crippen LogP contribution >= 0.6 is 0 Å². The van der Waals surface area contributed by atoms with Gasteiger partial charge in [0.25, 0.3) is 0 Å². The Morgan fingerprint density at radius 1 is 0.571 bits per heavy atom. The fourth-order valence-electron chi connectivity index (χ4n) is 1.72. The Morgan fingerprint density at radius 2 is 1.07 bits per heavy atom. The molecule has 0 aromatic rings. The molecule has 0 atom stereocenters. The molecule has 1 aliphatic heterocycles. The highest BCUT2D eigenvalue weighted by Crippen LogP contribution is 2.04. The Kier molecular flexibility index (Phi) is 7.73. The van der Waals surface area contributed by atoms with Gasteiger partial charge in [-0.25, -0.2) is 0 Å². The number of nitrogens with one attached hydrogen (secondary N) is 2. The Labute approximate surface area is 88.1 Å². The van der Waals surface area contributed by atoms with Gasteiger partial charge in [-0.2, -0.15) is 0 Å². The third-order valence-corrected chi connectivity index (χ3v) is 2.64. The van der Waals surface area contributed by atoms with Gasteiger partial charge in [-0.1, -0.05) is 25.0 Å². The van der Waals surface area contributed by atoms with Gasteiger partial charge >= 0.3 is 0 Å². The van der Waals surface area contributed by atoms with E-state index in [0.717, 1.165) is 13.1 Å². The molecule has 0 saturated heterocycles. The van der Waals surface area contributed by atoms with Crippen LogP contribution < -0.4 is 10.9 Å². The number of rotatable bonds is 0. The van der Waals surface area contributed by atoms with Gasteiger partial charge in [0.2, 0.25) is 0 Å². The molecule has 2 nitrogen and oxygen atoms in total. The molecule has 0 spiro atoms. The molecule has 0 aromatic heterocycles. The van der Waals surface area contributed by atoms with Gasteiger partial charge in [-0.15, -0.1) is 0 Å². The average molecular weight is 196 g/mol. The highest BCUT2D eigenvalue weighted by molar-refractivity contribution is 4.81. The Balaban J connectivity index is 2.09. The van der Waals surface area contributed by atoms with Crippen molar-refractivity contribution in [2.45, 2.75) is 51.4 Å². The predicted molar refractivity (Wildman–Crippen MR) is 62.1 cm³/mol. The van der Waals surface area contributed by atoms with Crippen LogP contribution in [-0.4, -0.2) is 13.1 Å². The maximum absolute atomic E-state index is 3.27. The van der Waals surface area contributed by atoms with Crippen LogP contribution in [0.25, 0.3) is 0 Å². The first-order valence-corrected chi connectivity index (χ1v) is 6.11. The van der Waals surface area contributed by atoms with Crippen molar-refractivity contribution in [2.24, 2.45) is 0 Å². The van der Waals surface area contributed by atoms with E-state index in [9.17, 15) is 0 Å². The quantitative estimate of drug-likeness (QED) is 0.582. The standard InChI is InChI=1S/C12H24N2/c1-2-4-6-8-10-12-14-13-11-9-7-5-3-1/h1,3,13-14H,2,4-12H2/b3-1-. The topological polar surface area (TPSA) is 24.1 Å². The van der Waals surface area contributed by atoms with Crippen molar-refractivity contribution in [1.82, 2.24) is 10.9 Å². The number of hydrazine groups is 1. The van der Waals surface area contributed by atoms with Gasteiger partial charge in [0.15, 0.2) is 0 Å². The van der Waals surface area contributed by atoms with Crippen LogP contribution in [0.3, 0.4) is 0 Å². The minimum Gasteiger partial charge on any atom is -0.258 e. The summed E-state index contributed by atoms with van der Waals surface area (Å²) in [6.07, 6.45) is 15.2. The molecule has 1 rings (SSSR count). The molecule has 0 unspecified atom stereocenters. The van der Waals surface area contributed by atoms with E-state index in [0.29, 0.717) is 0 Å². The molecule has 2 heteroatoms. The van der Waals surface area contributed by atoms with Crippen LogP contribution in [0.5, 0.6) is 0 Å². The van der Waals surface area contributed by atoms with Crippen molar-refractivity contribution < 1.29 is 0 Å². The third kappa shape index (κ3) is 7.10. The second-order valence-electron chi connectivity index (χ2n) is 4.02. The normalized spacial score (nSPS) is 25.1. The van der Waals surface area contributed by atoms with Gasteiger partial charge in [-0.3, -0.25) is 10.9 Å². The Hall–Kier alpha value is -0.340. The molecule has 0 radical (unpaired) electrons. The highest BCUT2D eigenvalue weighted by Gasteiger charge is 1.91. The smallest absolute Gasteiger partial charge is 0.00998 e. The number of hydrogen-bond acceptors (Lipinski definition) is 2. The molecule has 82 valence electrons. The number of hydrogen-bond donors (Lipinski definition) is 2. The van der Waals surface area contributed by atoms with E-state index < -0.39 is 0 Å². The fraction of sp³-hybridized carbons (Fsp3) is 0.833. The summed E-state index contributed by atoms with van der Waals surface area (Å²) in [5.41, 5.74) is 6.54. The lowest BCUT2D eigenvalue weighted by molar-refractivity contribution is 0.490. The van der Waals surface area contributed by atoms with Crippen LogP contribution in [0, 0.1) is 0 Å². The Morgan fingerprint density at radius 3 is 1.79 bits per heavy atom. The summed E-state index contributed by atoms with van der Waals surface area (Å²) in [7, 11) is 0. The summed E-state index contributed by atoms with van der Waals surface area (Å²) < 4.78 is 0.